The summed E-state index contributed by atoms with van der Waals surface area (Å²) < 4.78 is 27.8. The van der Waals surface area contributed by atoms with E-state index in [1.807, 2.05) is 17.0 Å². The number of sulfonamides is 1. The zero-order valence-electron chi connectivity index (χ0n) is 17.4. The third-order valence-corrected chi connectivity index (χ3v) is 8.39. The number of rotatable bonds is 7. The Labute approximate surface area is 174 Å². The maximum Gasteiger partial charge on any atom is 0.243 e. The molecule has 160 valence electrons. The molecule has 0 bridgehead atoms. The second-order valence-electron chi connectivity index (χ2n) is 8.72. The molecule has 1 amide bonds. The Morgan fingerprint density at radius 3 is 2.41 bits per heavy atom. The normalized spacial score (nSPS) is 24.8. The Balaban J connectivity index is 1.38. The van der Waals surface area contributed by atoms with Gasteiger partial charge in [0.05, 0.1) is 10.9 Å². The van der Waals surface area contributed by atoms with Gasteiger partial charge in [0, 0.05) is 39.3 Å². The molecule has 4 rings (SSSR count). The van der Waals surface area contributed by atoms with Gasteiger partial charge in [-0.1, -0.05) is 25.5 Å². The number of hydrogen-bond acceptors (Lipinski definition) is 4. The third kappa shape index (κ3) is 4.67. The van der Waals surface area contributed by atoms with Crippen LogP contribution in [0, 0.1) is 5.92 Å². The monoisotopic (exact) mass is 419 g/mol. The van der Waals surface area contributed by atoms with Crippen molar-refractivity contribution in [3.8, 4) is 0 Å². The molecule has 0 spiro atoms. The van der Waals surface area contributed by atoms with Gasteiger partial charge in [-0.2, -0.15) is 4.31 Å². The van der Waals surface area contributed by atoms with Crippen LogP contribution >= 0.6 is 0 Å². The lowest BCUT2D eigenvalue weighted by atomic mass is 10.1. The van der Waals surface area contributed by atoms with Crippen molar-refractivity contribution in [2.24, 2.45) is 5.92 Å². The zero-order chi connectivity index (χ0) is 20.4. The van der Waals surface area contributed by atoms with Crippen LogP contribution in [0.5, 0.6) is 0 Å². The van der Waals surface area contributed by atoms with Gasteiger partial charge in [-0.05, 0) is 55.7 Å². The molecule has 7 heteroatoms. The lowest BCUT2D eigenvalue weighted by molar-refractivity contribution is -0.132. The Morgan fingerprint density at radius 1 is 0.966 bits per heavy atom. The van der Waals surface area contributed by atoms with Gasteiger partial charge in [0.15, 0.2) is 0 Å². The van der Waals surface area contributed by atoms with Crippen LogP contribution < -0.4 is 0 Å². The molecule has 29 heavy (non-hydrogen) atoms. The van der Waals surface area contributed by atoms with Crippen LogP contribution in [0.2, 0.25) is 0 Å². The fraction of sp³-hybridized carbons (Fsp3) is 0.682. The second-order valence-corrected chi connectivity index (χ2v) is 10.7. The summed E-state index contributed by atoms with van der Waals surface area (Å²) in [5.74, 6) is 0.964. The summed E-state index contributed by atoms with van der Waals surface area (Å²) in [5.41, 5.74) is 1.17. The molecule has 6 nitrogen and oxygen atoms in total. The molecular formula is C22H33N3O3S. The van der Waals surface area contributed by atoms with Crippen LogP contribution in [0.1, 0.15) is 44.6 Å². The molecule has 1 aromatic carbocycles. The number of amides is 1. The molecule has 1 aromatic rings. The number of carbonyl (C=O) groups is 1. The number of nitrogens with zero attached hydrogens (tertiary/aromatic N) is 3. The van der Waals surface area contributed by atoms with Crippen molar-refractivity contribution in [1.29, 1.82) is 0 Å². The minimum atomic E-state index is -3.48. The lowest BCUT2D eigenvalue weighted by Gasteiger charge is -2.26. The van der Waals surface area contributed by atoms with E-state index in [-0.39, 0.29) is 11.9 Å². The highest BCUT2D eigenvalue weighted by molar-refractivity contribution is 7.89. The molecule has 0 N–H and O–H groups in total. The van der Waals surface area contributed by atoms with Crippen molar-refractivity contribution in [2.75, 3.05) is 39.3 Å². The Bertz CT molecular complexity index is 820. The quantitative estimate of drug-likeness (QED) is 0.681. The molecule has 2 aliphatic heterocycles. The van der Waals surface area contributed by atoms with Crippen LogP contribution in [-0.2, 0) is 21.2 Å². The molecule has 1 unspecified atom stereocenters. The standard InChI is InChI=1S/C22H33N3O3S/c1-2-4-18-7-9-20(10-8-18)29(27,28)25-13-3-12-23(15-16-25)21-11-14-24(22(21)26)17-19-5-6-19/h7-10,19,21H,2-6,11-17H2,1H3. The van der Waals surface area contributed by atoms with Gasteiger partial charge in [-0.3, -0.25) is 9.69 Å². The van der Waals surface area contributed by atoms with Gasteiger partial charge in [-0.15, -0.1) is 0 Å². The van der Waals surface area contributed by atoms with Crippen LogP contribution in [-0.4, -0.2) is 73.7 Å². The first kappa shape index (κ1) is 20.8. The van der Waals surface area contributed by atoms with Gasteiger partial charge in [-0.25, -0.2) is 8.42 Å². The number of benzene rings is 1. The molecule has 3 fully saturated rings. The Morgan fingerprint density at radius 2 is 1.72 bits per heavy atom. The first-order valence-corrected chi connectivity index (χ1v) is 12.5. The summed E-state index contributed by atoms with van der Waals surface area (Å²) in [4.78, 5) is 17.4. The van der Waals surface area contributed by atoms with Gasteiger partial charge in [0.25, 0.3) is 0 Å². The number of carbonyl (C=O) groups excluding carboxylic acids is 1. The van der Waals surface area contributed by atoms with E-state index < -0.39 is 10.0 Å². The van der Waals surface area contributed by atoms with E-state index >= 15 is 0 Å². The van der Waals surface area contributed by atoms with E-state index in [4.69, 9.17) is 0 Å². The fourth-order valence-electron chi connectivity index (χ4n) is 4.59. The van der Waals surface area contributed by atoms with E-state index in [9.17, 15) is 13.2 Å². The summed E-state index contributed by atoms with van der Waals surface area (Å²) in [6.45, 7) is 6.26. The lowest BCUT2D eigenvalue weighted by Crippen LogP contribution is -2.44. The van der Waals surface area contributed by atoms with Crippen molar-refractivity contribution in [3.63, 3.8) is 0 Å². The first-order chi connectivity index (χ1) is 14.0. The van der Waals surface area contributed by atoms with Gasteiger partial charge in [0.1, 0.15) is 0 Å². The van der Waals surface area contributed by atoms with Gasteiger partial charge in [0.2, 0.25) is 15.9 Å². The Hall–Kier alpha value is -1.44. The largest absolute Gasteiger partial charge is 0.341 e. The van der Waals surface area contributed by atoms with Crippen LogP contribution in [0.25, 0.3) is 0 Å². The van der Waals surface area contributed by atoms with Crippen molar-refractivity contribution in [1.82, 2.24) is 14.1 Å². The third-order valence-electron chi connectivity index (χ3n) is 6.47. The van der Waals surface area contributed by atoms with Crippen LogP contribution in [0.3, 0.4) is 0 Å². The fourth-order valence-corrected chi connectivity index (χ4v) is 6.06. The zero-order valence-corrected chi connectivity index (χ0v) is 18.2. The van der Waals surface area contributed by atoms with Crippen molar-refractivity contribution >= 4 is 15.9 Å². The smallest absolute Gasteiger partial charge is 0.243 e. The maximum absolute atomic E-state index is 13.1. The number of likely N-dealkylation sites (tertiary alicyclic amines) is 1. The molecule has 3 aliphatic rings. The predicted molar refractivity (Wildman–Crippen MR) is 113 cm³/mol. The predicted octanol–water partition coefficient (Wildman–Crippen LogP) is 2.35. The molecule has 2 saturated heterocycles. The highest BCUT2D eigenvalue weighted by Gasteiger charge is 2.39. The minimum absolute atomic E-state index is 0.0651. The van der Waals surface area contributed by atoms with E-state index in [0.717, 1.165) is 45.3 Å². The number of hydrogen-bond donors (Lipinski definition) is 0. The second kappa shape index (κ2) is 8.74. The highest BCUT2D eigenvalue weighted by atomic mass is 32.2. The molecule has 1 atom stereocenters. The van der Waals surface area contributed by atoms with E-state index in [0.29, 0.717) is 30.4 Å². The van der Waals surface area contributed by atoms with E-state index in [2.05, 4.69) is 11.8 Å². The van der Waals surface area contributed by atoms with E-state index in [1.54, 1.807) is 16.4 Å². The summed E-state index contributed by atoms with van der Waals surface area (Å²) in [5, 5.41) is 0. The summed E-state index contributed by atoms with van der Waals surface area (Å²) >= 11 is 0. The van der Waals surface area contributed by atoms with Crippen molar-refractivity contribution in [2.45, 2.75) is 56.4 Å². The molecule has 1 aliphatic carbocycles. The summed E-state index contributed by atoms with van der Waals surface area (Å²) in [6.07, 6.45) is 6.16. The van der Waals surface area contributed by atoms with Gasteiger partial charge >= 0.3 is 0 Å². The molecule has 2 heterocycles. The molecular weight excluding hydrogens is 386 g/mol. The Kier molecular flexibility index (Phi) is 6.27. The van der Waals surface area contributed by atoms with E-state index in [1.165, 1.54) is 18.4 Å². The van der Waals surface area contributed by atoms with Gasteiger partial charge < -0.3 is 4.90 Å². The average molecular weight is 420 g/mol. The maximum atomic E-state index is 13.1. The summed E-state index contributed by atoms with van der Waals surface area (Å²) in [7, 11) is -3.48. The topological polar surface area (TPSA) is 60.9 Å². The number of aryl methyl sites for hydroxylation is 1. The van der Waals surface area contributed by atoms with Crippen LogP contribution in [0.15, 0.2) is 29.2 Å². The van der Waals surface area contributed by atoms with Crippen molar-refractivity contribution < 1.29 is 13.2 Å². The first-order valence-electron chi connectivity index (χ1n) is 11.1. The van der Waals surface area contributed by atoms with Crippen molar-refractivity contribution in [3.05, 3.63) is 29.8 Å². The average Bonchev–Trinajstić information content (AvgIpc) is 3.49. The van der Waals surface area contributed by atoms with Crippen LogP contribution in [0.4, 0.5) is 0 Å². The molecule has 0 radical (unpaired) electrons. The minimum Gasteiger partial charge on any atom is -0.341 e. The molecule has 0 aromatic heterocycles. The molecule has 1 saturated carbocycles. The SMILES string of the molecule is CCCc1ccc(S(=O)(=O)N2CCCN(C3CCN(CC4CC4)C3=O)CC2)cc1. The highest BCUT2D eigenvalue weighted by Crippen LogP contribution is 2.32. The summed E-state index contributed by atoms with van der Waals surface area (Å²) in [6, 6.07) is 7.25.